The molecule has 1 aliphatic carbocycles. The third kappa shape index (κ3) is 3.65. The third-order valence-electron chi connectivity index (χ3n) is 3.11. The molecule has 2 rings (SSSR count). The summed E-state index contributed by atoms with van der Waals surface area (Å²) < 4.78 is 52.9. The highest BCUT2D eigenvalue weighted by Crippen LogP contribution is 2.26. The van der Waals surface area contributed by atoms with Crippen LogP contribution in [0.4, 0.5) is 8.78 Å². The molecule has 0 spiro atoms. The van der Waals surface area contributed by atoms with Gasteiger partial charge in [0.25, 0.3) is 0 Å². The predicted molar refractivity (Wildman–Crippen MR) is 75.8 cm³/mol. The Hall–Kier alpha value is -0.790. The van der Waals surface area contributed by atoms with Gasteiger partial charge in [-0.05, 0) is 47.7 Å². The molecular formula is C13H14BrF2NO2S. The smallest absolute Gasteiger partial charge is 0.211 e. The van der Waals surface area contributed by atoms with Gasteiger partial charge in [-0.25, -0.2) is 21.9 Å². The summed E-state index contributed by atoms with van der Waals surface area (Å²) in [6.07, 6.45) is 5.82. The van der Waals surface area contributed by atoms with E-state index < -0.39 is 26.6 Å². The molecule has 20 heavy (non-hydrogen) atoms. The first kappa shape index (κ1) is 15.6. The minimum atomic E-state index is -4.00. The lowest BCUT2D eigenvalue weighted by Gasteiger charge is -2.10. The molecule has 0 amide bonds. The Labute approximate surface area is 125 Å². The second kappa shape index (κ2) is 6.32. The lowest BCUT2D eigenvalue weighted by atomic mass is 10.2. The van der Waals surface area contributed by atoms with Crippen molar-refractivity contribution in [2.75, 3.05) is 6.54 Å². The number of benzene rings is 1. The van der Waals surface area contributed by atoms with Crippen LogP contribution >= 0.6 is 15.9 Å². The maximum absolute atomic E-state index is 13.6. The number of hydrogen-bond donors (Lipinski definition) is 1. The fourth-order valence-electron chi connectivity index (χ4n) is 2.17. The van der Waals surface area contributed by atoms with E-state index >= 15 is 0 Å². The Bertz CT molecular complexity index is 621. The molecule has 1 N–H and O–H groups in total. The van der Waals surface area contributed by atoms with Crippen LogP contribution in [0.3, 0.4) is 0 Å². The predicted octanol–water partition coefficient (Wildman–Crippen LogP) is 3.51. The monoisotopic (exact) mass is 365 g/mol. The van der Waals surface area contributed by atoms with Gasteiger partial charge in [0.1, 0.15) is 16.5 Å². The standard InChI is InChI=1S/C13H14BrF2NO2S/c14-11-7-10(15)8-12(16)13(11)20(18,19)17-6-5-9-3-1-2-4-9/h3,7-8,17H,1-2,4-6H2. The van der Waals surface area contributed by atoms with Crippen LogP contribution in [0.25, 0.3) is 0 Å². The normalized spacial score (nSPS) is 15.4. The molecular weight excluding hydrogens is 352 g/mol. The summed E-state index contributed by atoms with van der Waals surface area (Å²) in [5.41, 5.74) is 1.21. The highest BCUT2D eigenvalue weighted by Gasteiger charge is 2.23. The average molecular weight is 366 g/mol. The molecule has 0 radical (unpaired) electrons. The lowest BCUT2D eigenvalue weighted by molar-refractivity contribution is 0.540. The molecule has 3 nitrogen and oxygen atoms in total. The van der Waals surface area contributed by atoms with E-state index in [0.29, 0.717) is 12.5 Å². The first-order chi connectivity index (χ1) is 9.40. The van der Waals surface area contributed by atoms with Crippen LogP contribution < -0.4 is 4.72 Å². The SMILES string of the molecule is O=S(=O)(NCCC1=CCCC1)c1c(F)cc(F)cc1Br. The van der Waals surface area contributed by atoms with Crippen molar-refractivity contribution in [3.8, 4) is 0 Å². The van der Waals surface area contributed by atoms with Gasteiger partial charge >= 0.3 is 0 Å². The largest absolute Gasteiger partial charge is 0.244 e. The fourth-order valence-corrected chi connectivity index (χ4v) is 4.36. The number of halogens is 3. The van der Waals surface area contributed by atoms with Gasteiger partial charge in [-0.2, -0.15) is 0 Å². The van der Waals surface area contributed by atoms with Crippen LogP contribution in [-0.2, 0) is 10.0 Å². The van der Waals surface area contributed by atoms with Crippen LogP contribution in [0, 0.1) is 11.6 Å². The maximum atomic E-state index is 13.6. The van der Waals surface area contributed by atoms with Crippen molar-refractivity contribution in [1.82, 2.24) is 4.72 Å². The molecule has 0 bridgehead atoms. The van der Waals surface area contributed by atoms with Gasteiger partial charge in [-0.1, -0.05) is 11.6 Å². The molecule has 0 unspecified atom stereocenters. The summed E-state index contributed by atoms with van der Waals surface area (Å²) in [6.45, 7) is 0.206. The van der Waals surface area contributed by atoms with Gasteiger partial charge in [0.05, 0.1) is 0 Å². The number of rotatable bonds is 5. The first-order valence-corrected chi connectivity index (χ1v) is 8.50. The van der Waals surface area contributed by atoms with Crippen molar-refractivity contribution in [2.45, 2.75) is 30.6 Å². The van der Waals surface area contributed by atoms with Crippen LogP contribution in [0.2, 0.25) is 0 Å². The Morgan fingerprint density at radius 2 is 2.05 bits per heavy atom. The fraction of sp³-hybridized carbons (Fsp3) is 0.385. The Morgan fingerprint density at radius 1 is 1.30 bits per heavy atom. The number of sulfonamides is 1. The molecule has 110 valence electrons. The summed E-state index contributed by atoms with van der Waals surface area (Å²) in [4.78, 5) is -0.556. The Balaban J connectivity index is 2.10. The van der Waals surface area contributed by atoms with Crippen molar-refractivity contribution in [1.29, 1.82) is 0 Å². The molecule has 0 atom stereocenters. The van der Waals surface area contributed by atoms with E-state index in [0.717, 1.165) is 25.3 Å². The van der Waals surface area contributed by atoms with E-state index in [4.69, 9.17) is 0 Å². The van der Waals surface area contributed by atoms with Gasteiger partial charge in [0, 0.05) is 17.1 Å². The van der Waals surface area contributed by atoms with E-state index in [1.807, 2.05) is 0 Å². The molecule has 0 aromatic heterocycles. The molecule has 1 aliphatic rings. The first-order valence-electron chi connectivity index (χ1n) is 6.22. The van der Waals surface area contributed by atoms with E-state index in [2.05, 4.69) is 26.7 Å². The van der Waals surface area contributed by atoms with Crippen molar-refractivity contribution in [3.05, 3.63) is 39.9 Å². The zero-order valence-corrected chi connectivity index (χ0v) is 13.0. The summed E-state index contributed by atoms with van der Waals surface area (Å²) in [5.74, 6) is -1.94. The second-order valence-electron chi connectivity index (χ2n) is 4.60. The van der Waals surface area contributed by atoms with Gasteiger partial charge in [-0.3, -0.25) is 0 Å². The Kier molecular flexibility index (Phi) is 4.93. The molecule has 1 aromatic rings. The highest BCUT2D eigenvalue weighted by molar-refractivity contribution is 9.10. The average Bonchev–Trinajstić information content (AvgIpc) is 2.79. The lowest BCUT2D eigenvalue weighted by Crippen LogP contribution is -2.26. The highest BCUT2D eigenvalue weighted by atomic mass is 79.9. The zero-order chi connectivity index (χ0) is 14.8. The van der Waals surface area contributed by atoms with Crippen LogP contribution in [0.1, 0.15) is 25.7 Å². The second-order valence-corrected chi connectivity index (χ2v) is 7.16. The van der Waals surface area contributed by atoms with Gasteiger partial charge in [-0.15, -0.1) is 0 Å². The molecule has 0 fully saturated rings. The summed E-state index contributed by atoms with van der Waals surface area (Å²) in [5, 5.41) is 0. The van der Waals surface area contributed by atoms with Crippen LogP contribution in [0.5, 0.6) is 0 Å². The topological polar surface area (TPSA) is 46.2 Å². The van der Waals surface area contributed by atoms with E-state index in [9.17, 15) is 17.2 Å². The molecule has 0 saturated carbocycles. The van der Waals surface area contributed by atoms with Crippen molar-refractivity contribution >= 4 is 26.0 Å². The number of hydrogen-bond acceptors (Lipinski definition) is 2. The Morgan fingerprint density at radius 3 is 2.65 bits per heavy atom. The van der Waals surface area contributed by atoms with Crippen molar-refractivity contribution < 1.29 is 17.2 Å². The van der Waals surface area contributed by atoms with E-state index in [1.165, 1.54) is 5.57 Å². The molecule has 0 saturated heterocycles. The minimum absolute atomic E-state index is 0.123. The van der Waals surface area contributed by atoms with Gasteiger partial charge in [0.15, 0.2) is 0 Å². The summed E-state index contributed by atoms with van der Waals surface area (Å²) >= 11 is 2.88. The van der Waals surface area contributed by atoms with E-state index in [1.54, 1.807) is 0 Å². The van der Waals surface area contributed by atoms with Gasteiger partial charge < -0.3 is 0 Å². The molecule has 0 aliphatic heterocycles. The molecule has 0 heterocycles. The summed E-state index contributed by atoms with van der Waals surface area (Å²) in [7, 11) is -4.00. The minimum Gasteiger partial charge on any atom is -0.211 e. The summed E-state index contributed by atoms with van der Waals surface area (Å²) in [6, 6.07) is 1.48. The quantitative estimate of drug-likeness (QED) is 0.811. The van der Waals surface area contributed by atoms with Gasteiger partial charge in [0.2, 0.25) is 10.0 Å². The zero-order valence-electron chi connectivity index (χ0n) is 10.6. The van der Waals surface area contributed by atoms with E-state index in [-0.39, 0.29) is 11.0 Å². The van der Waals surface area contributed by atoms with Crippen molar-refractivity contribution in [3.63, 3.8) is 0 Å². The molecule has 1 aromatic carbocycles. The van der Waals surface area contributed by atoms with Crippen LogP contribution in [0.15, 0.2) is 33.2 Å². The van der Waals surface area contributed by atoms with Crippen LogP contribution in [-0.4, -0.2) is 15.0 Å². The molecule has 7 heteroatoms. The maximum Gasteiger partial charge on any atom is 0.244 e. The number of allylic oxidation sites excluding steroid dienone is 1. The number of nitrogens with one attached hydrogen (secondary N) is 1. The van der Waals surface area contributed by atoms with Crippen molar-refractivity contribution in [2.24, 2.45) is 0 Å². The third-order valence-corrected chi connectivity index (χ3v) is 5.53.